The minimum atomic E-state index is -0.259. The SMILES string of the molecule is Cc1noc(C)c1C(=O)N1CCCN1C(=O)c1cc(C(C)(C)C)nn1C. The first-order chi connectivity index (χ1) is 12.1. The molecule has 1 saturated heterocycles. The second-order valence-electron chi connectivity index (χ2n) is 7.70. The van der Waals surface area contributed by atoms with E-state index in [1.807, 2.05) is 20.8 Å². The third-order valence-electron chi connectivity index (χ3n) is 4.61. The van der Waals surface area contributed by atoms with Crippen LogP contribution < -0.4 is 0 Å². The summed E-state index contributed by atoms with van der Waals surface area (Å²) in [5, 5.41) is 11.3. The zero-order chi connectivity index (χ0) is 19.2. The molecule has 0 bridgehead atoms. The summed E-state index contributed by atoms with van der Waals surface area (Å²) in [5.41, 5.74) is 2.10. The summed E-state index contributed by atoms with van der Waals surface area (Å²) in [6.45, 7) is 10.5. The molecule has 1 aliphatic heterocycles. The number of hydrogen-bond donors (Lipinski definition) is 0. The Morgan fingerprint density at radius 2 is 1.73 bits per heavy atom. The minimum Gasteiger partial charge on any atom is -0.361 e. The Morgan fingerprint density at radius 1 is 1.12 bits per heavy atom. The van der Waals surface area contributed by atoms with E-state index in [0.717, 1.165) is 12.1 Å². The zero-order valence-electron chi connectivity index (χ0n) is 16.2. The van der Waals surface area contributed by atoms with Crippen LogP contribution >= 0.6 is 0 Å². The summed E-state index contributed by atoms with van der Waals surface area (Å²) in [7, 11) is 1.75. The van der Waals surface area contributed by atoms with E-state index in [4.69, 9.17) is 4.52 Å². The van der Waals surface area contributed by atoms with Gasteiger partial charge in [-0.05, 0) is 26.3 Å². The number of carbonyl (C=O) groups excluding carboxylic acids is 2. The molecule has 1 fully saturated rings. The van der Waals surface area contributed by atoms with Crippen molar-refractivity contribution in [1.82, 2.24) is 25.0 Å². The Labute approximate surface area is 152 Å². The fourth-order valence-corrected chi connectivity index (χ4v) is 3.12. The molecule has 3 heterocycles. The number of aromatic nitrogens is 3. The average Bonchev–Trinajstić information content (AvgIpc) is 3.25. The van der Waals surface area contributed by atoms with Gasteiger partial charge in [0.05, 0.1) is 11.4 Å². The van der Waals surface area contributed by atoms with Crippen LogP contribution in [0.5, 0.6) is 0 Å². The summed E-state index contributed by atoms with van der Waals surface area (Å²) in [6, 6.07) is 1.80. The van der Waals surface area contributed by atoms with Gasteiger partial charge >= 0.3 is 0 Å². The number of aryl methyl sites for hydroxylation is 3. The van der Waals surface area contributed by atoms with Gasteiger partial charge in [-0.3, -0.25) is 14.3 Å². The fraction of sp³-hybridized carbons (Fsp3) is 0.556. The van der Waals surface area contributed by atoms with Gasteiger partial charge in [0.15, 0.2) is 0 Å². The van der Waals surface area contributed by atoms with E-state index >= 15 is 0 Å². The first-order valence-electron chi connectivity index (χ1n) is 8.72. The lowest BCUT2D eigenvalue weighted by Crippen LogP contribution is -2.45. The number of rotatable bonds is 2. The van der Waals surface area contributed by atoms with Crippen molar-refractivity contribution in [2.24, 2.45) is 7.05 Å². The summed E-state index contributed by atoms with van der Waals surface area (Å²) >= 11 is 0. The topological polar surface area (TPSA) is 84.5 Å². The molecule has 2 amide bonds. The van der Waals surface area contributed by atoms with Gasteiger partial charge in [-0.1, -0.05) is 25.9 Å². The molecule has 0 spiro atoms. The predicted octanol–water partition coefficient (Wildman–Crippen LogP) is 2.23. The maximum Gasteiger partial charge on any atom is 0.290 e. The first-order valence-corrected chi connectivity index (χ1v) is 8.72. The summed E-state index contributed by atoms with van der Waals surface area (Å²) < 4.78 is 6.68. The molecule has 0 N–H and O–H groups in total. The first kappa shape index (κ1) is 18.2. The van der Waals surface area contributed by atoms with Gasteiger partial charge in [0.2, 0.25) is 0 Å². The minimum absolute atomic E-state index is 0.159. The number of hydrazine groups is 1. The van der Waals surface area contributed by atoms with Crippen molar-refractivity contribution < 1.29 is 14.1 Å². The molecule has 0 unspecified atom stereocenters. The quantitative estimate of drug-likeness (QED) is 0.821. The molecule has 8 nitrogen and oxygen atoms in total. The average molecular weight is 359 g/mol. The Morgan fingerprint density at radius 3 is 2.23 bits per heavy atom. The monoisotopic (exact) mass is 359 g/mol. The van der Waals surface area contributed by atoms with E-state index < -0.39 is 0 Å². The second kappa shape index (κ2) is 6.26. The van der Waals surface area contributed by atoms with E-state index in [1.54, 1.807) is 31.6 Å². The second-order valence-corrected chi connectivity index (χ2v) is 7.70. The number of amides is 2. The van der Waals surface area contributed by atoms with Crippen molar-refractivity contribution in [3.63, 3.8) is 0 Å². The van der Waals surface area contributed by atoms with E-state index in [2.05, 4.69) is 10.3 Å². The molecular formula is C18H25N5O3. The van der Waals surface area contributed by atoms with Crippen molar-refractivity contribution in [2.45, 2.75) is 46.5 Å². The molecule has 0 aliphatic carbocycles. The van der Waals surface area contributed by atoms with Crippen molar-refractivity contribution in [1.29, 1.82) is 0 Å². The van der Waals surface area contributed by atoms with E-state index in [9.17, 15) is 9.59 Å². The molecule has 3 rings (SSSR count). The molecule has 0 atom stereocenters. The van der Waals surface area contributed by atoms with Crippen LogP contribution in [0.25, 0.3) is 0 Å². The van der Waals surface area contributed by atoms with E-state index in [0.29, 0.717) is 35.8 Å². The molecule has 1 aliphatic rings. The molecule has 2 aromatic heterocycles. The van der Waals surface area contributed by atoms with Crippen LogP contribution in [0.4, 0.5) is 0 Å². The largest absolute Gasteiger partial charge is 0.361 e. The molecule has 0 radical (unpaired) electrons. The van der Waals surface area contributed by atoms with Gasteiger partial charge in [0, 0.05) is 25.6 Å². The van der Waals surface area contributed by atoms with Gasteiger partial charge in [0.25, 0.3) is 11.8 Å². The molecule has 0 aromatic carbocycles. The van der Waals surface area contributed by atoms with Crippen LogP contribution in [0.1, 0.15) is 65.2 Å². The van der Waals surface area contributed by atoms with E-state index in [-0.39, 0.29) is 17.2 Å². The number of carbonyl (C=O) groups is 2. The highest BCUT2D eigenvalue weighted by molar-refractivity contribution is 5.99. The Kier molecular flexibility index (Phi) is 4.37. The summed E-state index contributed by atoms with van der Waals surface area (Å²) in [6.07, 6.45) is 0.727. The highest BCUT2D eigenvalue weighted by Gasteiger charge is 2.36. The molecule has 0 saturated carbocycles. The van der Waals surface area contributed by atoms with Crippen molar-refractivity contribution >= 4 is 11.8 Å². The predicted molar refractivity (Wildman–Crippen MR) is 94.6 cm³/mol. The van der Waals surface area contributed by atoms with Gasteiger partial charge < -0.3 is 4.52 Å². The summed E-state index contributed by atoms with van der Waals surface area (Å²) in [5.74, 6) is -0.0271. The molecule has 140 valence electrons. The van der Waals surface area contributed by atoms with Crippen LogP contribution in [-0.4, -0.2) is 49.9 Å². The smallest absolute Gasteiger partial charge is 0.290 e. The molecule has 26 heavy (non-hydrogen) atoms. The maximum atomic E-state index is 13.1. The van der Waals surface area contributed by atoms with Crippen LogP contribution in [-0.2, 0) is 12.5 Å². The third kappa shape index (κ3) is 3.00. The van der Waals surface area contributed by atoms with Crippen molar-refractivity contribution in [2.75, 3.05) is 13.1 Å². The van der Waals surface area contributed by atoms with Crippen LogP contribution in [0, 0.1) is 13.8 Å². The third-order valence-corrected chi connectivity index (χ3v) is 4.61. The van der Waals surface area contributed by atoms with Crippen molar-refractivity contribution in [3.8, 4) is 0 Å². The fourth-order valence-electron chi connectivity index (χ4n) is 3.12. The van der Waals surface area contributed by atoms with E-state index in [1.165, 1.54) is 10.0 Å². The molecule has 8 heteroatoms. The normalized spacial score (nSPS) is 15.0. The van der Waals surface area contributed by atoms with Gasteiger partial charge in [0.1, 0.15) is 17.0 Å². The summed E-state index contributed by atoms with van der Waals surface area (Å²) in [4.78, 5) is 26.0. The van der Waals surface area contributed by atoms with Gasteiger partial charge in [-0.25, -0.2) is 10.0 Å². The highest BCUT2D eigenvalue weighted by atomic mass is 16.5. The number of hydrogen-bond acceptors (Lipinski definition) is 5. The van der Waals surface area contributed by atoms with Crippen LogP contribution in [0.3, 0.4) is 0 Å². The zero-order valence-corrected chi connectivity index (χ0v) is 16.2. The highest BCUT2D eigenvalue weighted by Crippen LogP contribution is 2.25. The Bertz CT molecular complexity index is 839. The molecule has 2 aromatic rings. The Hall–Kier alpha value is -2.64. The van der Waals surface area contributed by atoms with Crippen LogP contribution in [0.15, 0.2) is 10.6 Å². The lowest BCUT2D eigenvalue weighted by Gasteiger charge is -2.27. The Balaban J connectivity index is 1.90. The van der Waals surface area contributed by atoms with Crippen molar-refractivity contribution in [3.05, 3.63) is 34.5 Å². The standard InChI is InChI=1S/C18H25N5O3/c1-11-15(12(2)26-20-11)17(25)23-9-7-8-22(23)16(24)13-10-14(18(3,4)5)19-21(13)6/h10H,7-9H2,1-6H3. The maximum absolute atomic E-state index is 13.1. The lowest BCUT2D eigenvalue weighted by atomic mass is 9.92. The lowest BCUT2D eigenvalue weighted by molar-refractivity contribution is 0.0177. The van der Waals surface area contributed by atoms with Gasteiger partial charge in [-0.2, -0.15) is 5.10 Å². The van der Waals surface area contributed by atoms with Gasteiger partial charge in [-0.15, -0.1) is 0 Å². The molecular weight excluding hydrogens is 334 g/mol. The number of nitrogens with zero attached hydrogens (tertiary/aromatic N) is 5. The van der Waals surface area contributed by atoms with Crippen LogP contribution in [0.2, 0.25) is 0 Å².